The van der Waals surface area contributed by atoms with E-state index in [0.717, 1.165) is 23.0 Å². The van der Waals surface area contributed by atoms with Crippen molar-refractivity contribution in [2.24, 2.45) is 0 Å². The van der Waals surface area contributed by atoms with Crippen molar-refractivity contribution in [1.29, 1.82) is 0 Å². The van der Waals surface area contributed by atoms with Gasteiger partial charge in [-0.3, -0.25) is 0 Å². The molecule has 0 saturated heterocycles. The lowest BCUT2D eigenvalue weighted by Gasteiger charge is -2.26. The Morgan fingerprint density at radius 1 is 0.395 bits per heavy atom. The van der Waals surface area contributed by atoms with Crippen molar-refractivity contribution >= 4 is 11.4 Å². The Bertz CT molecular complexity index is 1240. The fraction of sp³-hybridized carbons (Fsp3) is 0.314. The molecule has 0 aliphatic carbocycles. The van der Waals surface area contributed by atoms with Crippen LogP contribution in [0.15, 0.2) is 97.1 Å². The van der Waals surface area contributed by atoms with Crippen LogP contribution in [0.3, 0.4) is 0 Å². The normalized spacial score (nSPS) is 11.2. The van der Waals surface area contributed by atoms with E-state index in [2.05, 4.69) is 38.1 Å². The van der Waals surface area contributed by atoms with E-state index in [-0.39, 0.29) is 5.41 Å². The van der Waals surface area contributed by atoms with E-state index in [9.17, 15) is 0 Å². The molecule has 4 aromatic carbocycles. The van der Waals surface area contributed by atoms with Gasteiger partial charge in [-0.05, 0) is 83.9 Å². The van der Waals surface area contributed by atoms with Gasteiger partial charge in [0, 0.05) is 16.8 Å². The molecule has 0 heterocycles. The molecule has 0 amide bonds. The summed E-state index contributed by atoms with van der Waals surface area (Å²) in [6, 6.07) is 31.0. The van der Waals surface area contributed by atoms with Crippen molar-refractivity contribution in [2.75, 3.05) is 64.3 Å². The second-order valence-corrected chi connectivity index (χ2v) is 10.4. The third kappa shape index (κ3) is 10.4. The molecule has 0 radical (unpaired) electrons. The van der Waals surface area contributed by atoms with Crippen LogP contribution in [0.1, 0.15) is 25.0 Å². The zero-order valence-electron chi connectivity index (χ0n) is 25.0. The lowest BCUT2D eigenvalue weighted by Crippen LogP contribution is -2.19. The standard InChI is InChI=1S/C35H42N2O6/c1-35(2,27-3-11-31(12-4-27)40-23-19-38-21-25-42-33-15-7-29(36)8-16-33)28-5-13-32(14-6-28)41-24-20-39-22-26-43-34-17-9-30(37)10-18-34/h3-18H,19-26,36-37H2,1-2H3. The SMILES string of the molecule is CC(C)(c1ccc(OCCOCCOc2ccc(N)cc2)cc1)c1ccc(OCCOCCOc2ccc(N)cc2)cc1. The van der Waals surface area contributed by atoms with Crippen LogP contribution in [0.2, 0.25) is 0 Å². The Morgan fingerprint density at radius 3 is 0.930 bits per heavy atom. The largest absolute Gasteiger partial charge is 0.491 e. The van der Waals surface area contributed by atoms with Crippen molar-refractivity contribution in [1.82, 2.24) is 0 Å². The highest BCUT2D eigenvalue weighted by molar-refractivity contribution is 5.43. The molecule has 8 nitrogen and oxygen atoms in total. The average molecular weight is 587 g/mol. The molecule has 4 N–H and O–H groups in total. The van der Waals surface area contributed by atoms with Gasteiger partial charge < -0.3 is 39.9 Å². The highest BCUT2D eigenvalue weighted by Gasteiger charge is 2.23. The minimum absolute atomic E-state index is 0.182. The van der Waals surface area contributed by atoms with Crippen molar-refractivity contribution in [3.8, 4) is 23.0 Å². The van der Waals surface area contributed by atoms with Crippen molar-refractivity contribution in [2.45, 2.75) is 19.3 Å². The Balaban J connectivity index is 1.10. The summed E-state index contributed by atoms with van der Waals surface area (Å²) in [5.41, 5.74) is 15.0. The van der Waals surface area contributed by atoms with E-state index < -0.39 is 0 Å². The molecule has 0 unspecified atom stereocenters. The van der Waals surface area contributed by atoms with Crippen molar-refractivity contribution in [3.63, 3.8) is 0 Å². The van der Waals surface area contributed by atoms with Gasteiger partial charge in [-0.25, -0.2) is 0 Å². The number of nitrogens with two attached hydrogens (primary N) is 2. The first kappa shape index (κ1) is 31.5. The number of ether oxygens (including phenoxy) is 6. The zero-order chi connectivity index (χ0) is 30.3. The fourth-order valence-electron chi connectivity index (χ4n) is 4.31. The maximum atomic E-state index is 5.85. The van der Waals surface area contributed by atoms with Crippen LogP contribution in [-0.2, 0) is 14.9 Å². The lowest BCUT2D eigenvalue weighted by atomic mass is 9.78. The van der Waals surface area contributed by atoms with Crippen LogP contribution in [0.4, 0.5) is 11.4 Å². The minimum atomic E-state index is -0.182. The molecular weight excluding hydrogens is 544 g/mol. The molecule has 43 heavy (non-hydrogen) atoms. The number of hydrogen-bond acceptors (Lipinski definition) is 8. The molecule has 4 aromatic rings. The first-order valence-corrected chi connectivity index (χ1v) is 14.5. The molecule has 8 heteroatoms. The monoisotopic (exact) mass is 586 g/mol. The number of anilines is 2. The molecule has 0 bridgehead atoms. The molecule has 228 valence electrons. The van der Waals surface area contributed by atoms with Gasteiger partial charge in [0.1, 0.15) is 49.4 Å². The van der Waals surface area contributed by atoms with E-state index in [1.54, 1.807) is 0 Å². The maximum absolute atomic E-state index is 5.85. The van der Waals surface area contributed by atoms with E-state index in [4.69, 9.17) is 39.9 Å². The second kappa shape index (κ2) is 16.3. The fourth-order valence-corrected chi connectivity index (χ4v) is 4.31. The minimum Gasteiger partial charge on any atom is -0.491 e. The highest BCUT2D eigenvalue weighted by Crippen LogP contribution is 2.33. The summed E-state index contributed by atoms with van der Waals surface area (Å²) in [5.74, 6) is 3.17. The topological polar surface area (TPSA) is 107 Å². The third-order valence-corrected chi connectivity index (χ3v) is 6.90. The van der Waals surface area contributed by atoms with Crippen LogP contribution < -0.4 is 30.4 Å². The first-order valence-electron chi connectivity index (χ1n) is 14.5. The Kier molecular flexibility index (Phi) is 11.9. The maximum Gasteiger partial charge on any atom is 0.119 e. The first-order chi connectivity index (χ1) is 20.9. The van der Waals surface area contributed by atoms with Gasteiger partial charge in [0.2, 0.25) is 0 Å². The van der Waals surface area contributed by atoms with E-state index >= 15 is 0 Å². The van der Waals surface area contributed by atoms with Crippen LogP contribution in [-0.4, -0.2) is 52.9 Å². The van der Waals surface area contributed by atoms with Crippen LogP contribution >= 0.6 is 0 Å². The Labute approximate surface area is 254 Å². The van der Waals surface area contributed by atoms with E-state index in [1.807, 2.05) is 72.8 Å². The van der Waals surface area contributed by atoms with Gasteiger partial charge in [-0.15, -0.1) is 0 Å². The van der Waals surface area contributed by atoms with Gasteiger partial charge in [0.05, 0.1) is 26.4 Å². The summed E-state index contributed by atoms with van der Waals surface area (Å²) in [5, 5.41) is 0. The van der Waals surface area contributed by atoms with Crippen LogP contribution in [0.25, 0.3) is 0 Å². The third-order valence-electron chi connectivity index (χ3n) is 6.90. The van der Waals surface area contributed by atoms with E-state index in [1.165, 1.54) is 11.1 Å². The van der Waals surface area contributed by atoms with Crippen molar-refractivity contribution < 1.29 is 28.4 Å². The molecule has 0 fully saturated rings. The number of benzene rings is 4. The van der Waals surface area contributed by atoms with Gasteiger partial charge >= 0.3 is 0 Å². The molecule has 0 aliphatic rings. The molecule has 0 saturated carbocycles. The molecule has 4 rings (SSSR count). The lowest BCUT2D eigenvalue weighted by molar-refractivity contribution is 0.0764. The van der Waals surface area contributed by atoms with Gasteiger partial charge in [-0.1, -0.05) is 38.1 Å². The van der Waals surface area contributed by atoms with Crippen LogP contribution in [0, 0.1) is 0 Å². The Hall–Kier alpha value is -4.40. The predicted octanol–water partition coefficient (Wildman–Crippen LogP) is 6.13. The molecule has 0 aromatic heterocycles. The smallest absolute Gasteiger partial charge is 0.119 e. The Morgan fingerprint density at radius 2 is 0.651 bits per heavy atom. The molecule has 0 aliphatic heterocycles. The molecule has 0 spiro atoms. The summed E-state index contributed by atoms with van der Waals surface area (Å²) in [6.45, 7) is 8.23. The highest BCUT2D eigenvalue weighted by atomic mass is 16.5. The molecular formula is C35H42N2O6. The van der Waals surface area contributed by atoms with Crippen molar-refractivity contribution in [3.05, 3.63) is 108 Å². The number of nitrogen functional groups attached to an aromatic ring is 2. The summed E-state index contributed by atoms with van der Waals surface area (Å²) in [7, 11) is 0. The van der Waals surface area contributed by atoms with Gasteiger partial charge in [-0.2, -0.15) is 0 Å². The predicted molar refractivity (Wildman–Crippen MR) is 170 cm³/mol. The van der Waals surface area contributed by atoms with Gasteiger partial charge in [0.25, 0.3) is 0 Å². The second-order valence-electron chi connectivity index (χ2n) is 10.4. The summed E-state index contributed by atoms with van der Waals surface area (Å²) in [4.78, 5) is 0. The summed E-state index contributed by atoms with van der Waals surface area (Å²) >= 11 is 0. The van der Waals surface area contributed by atoms with Gasteiger partial charge in [0.15, 0.2) is 0 Å². The molecule has 0 atom stereocenters. The van der Waals surface area contributed by atoms with Crippen LogP contribution in [0.5, 0.6) is 23.0 Å². The summed E-state index contributed by atoms with van der Waals surface area (Å²) in [6.07, 6.45) is 0. The quantitative estimate of drug-likeness (QED) is 0.106. The average Bonchev–Trinajstić information content (AvgIpc) is 3.02. The van der Waals surface area contributed by atoms with E-state index in [0.29, 0.717) is 64.2 Å². The number of rotatable bonds is 18. The number of hydrogen-bond donors (Lipinski definition) is 2. The summed E-state index contributed by atoms with van der Waals surface area (Å²) < 4.78 is 34.2. The zero-order valence-corrected chi connectivity index (χ0v) is 25.0.